The maximum Gasteiger partial charge on any atom is 0.324 e. The third-order valence-corrected chi connectivity index (χ3v) is 2.52. The molecule has 0 unspecified atom stereocenters. The van der Waals surface area contributed by atoms with Crippen molar-refractivity contribution in [2.45, 2.75) is 12.0 Å². The van der Waals surface area contributed by atoms with E-state index in [1.165, 1.54) is 7.05 Å². The van der Waals surface area contributed by atoms with Crippen molar-refractivity contribution in [3.05, 3.63) is 0 Å². The molecule has 66 valence electrons. The van der Waals surface area contributed by atoms with Crippen molar-refractivity contribution >= 4 is 11.9 Å². The molecule has 12 heavy (non-hydrogen) atoms. The summed E-state index contributed by atoms with van der Waals surface area (Å²) >= 11 is 0. The first kappa shape index (κ1) is 7.54. The van der Waals surface area contributed by atoms with Gasteiger partial charge in [0.05, 0.1) is 0 Å². The monoisotopic (exact) mass is 169 g/mol. The van der Waals surface area contributed by atoms with Gasteiger partial charge in [-0.15, -0.1) is 0 Å². The van der Waals surface area contributed by atoms with Gasteiger partial charge in [0.15, 0.2) is 0 Å². The minimum absolute atomic E-state index is 0.113. The third-order valence-electron chi connectivity index (χ3n) is 2.52. The molecule has 2 N–H and O–H groups in total. The highest BCUT2D eigenvalue weighted by atomic mass is 16.2. The molecule has 2 aliphatic heterocycles. The fourth-order valence-corrected chi connectivity index (χ4v) is 1.74. The Hall–Kier alpha value is -1.10. The van der Waals surface area contributed by atoms with Crippen molar-refractivity contribution < 1.29 is 9.59 Å². The van der Waals surface area contributed by atoms with Crippen molar-refractivity contribution in [2.24, 2.45) is 0 Å². The van der Waals surface area contributed by atoms with Crippen LogP contribution in [0.1, 0.15) is 6.42 Å². The van der Waals surface area contributed by atoms with E-state index in [9.17, 15) is 9.59 Å². The SMILES string of the molecule is CN1C(=O)N[C@]2(CCNC2)C1=O. The van der Waals surface area contributed by atoms with Crippen molar-refractivity contribution in [2.75, 3.05) is 20.1 Å². The molecule has 2 aliphatic rings. The molecule has 0 aromatic heterocycles. The molecule has 0 saturated carbocycles. The van der Waals surface area contributed by atoms with E-state index >= 15 is 0 Å². The topological polar surface area (TPSA) is 61.4 Å². The minimum atomic E-state index is -0.633. The lowest BCUT2D eigenvalue weighted by molar-refractivity contribution is -0.129. The van der Waals surface area contributed by atoms with Crippen molar-refractivity contribution in [1.29, 1.82) is 0 Å². The van der Waals surface area contributed by atoms with E-state index in [1.54, 1.807) is 0 Å². The zero-order chi connectivity index (χ0) is 8.77. The lowest BCUT2D eigenvalue weighted by atomic mass is 9.99. The predicted octanol–water partition coefficient (Wildman–Crippen LogP) is -1.10. The molecule has 2 heterocycles. The van der Waals surface area contributed by atoms with Crippen LogP contribution in [0, 0.1) is 0 Å². The zero-order valence-corrected chi connectivity index (χ0v) is 6.89. The van der Waals surface area contributed by atoms with Gasteiger partial charge in [-0.1, -0.05) is 0 Å². The fraction of sp³-hybridized carbons (Fsp3) is 0.714. The van der Waals surface area contributed by atoms with Crippen LogP contribution in [0.2, 0.25) is 0 Å². The summed E-state index contributed by atoms with van der Waals surface area (Å²) in [7, 11) is 1.50. The lowest BCUT2D eigenvalue weighted by Gasteiger charge is -2.17. The van der Waals surface area contributed by atoms with Crippen molar-refractivity contribution in [3.8, 4) is 0 Å². The second kappa shape index (κ2) is 2.20. The average Bonchev–Trinajstić information content (AvgIpc) is 2.57. The predicted molar refractivity (Wildman–Crippen MR) is 41.5 cm³/mol. The van der Waals surface area contributed by atoms with E-state index < -0.39 is 5.54 Å². The number of hydrogen-bond donors (Lipinski definition) is 2. The van der Waals surface area contributed by atoms with E-state index in [4.69, 9.17) is 0 Å². The molecule has 2 rings (SSSR count). The number of nitrogens with zero attached hydrogens (tertiary/aromatic N) is 1. The van der Waals surface area contributed by atoms with Crippen molar-refractivity contribution in [3.63, 3.8) is 0 Å². The van der Waals surface area contributed by atoms with Crippen LogP contribution < -0.4 is 10.6 Å². The molecule has 5 heteroatoms. The third kappa shape index (κ3) is 0.768. The number of urea groups is 1. The molecule has 2 fully saturated rings. The quantitative estimate of drug-likeness (QED) is 0.452. The number of hydrogen-bond acceptors (Lipinski definition) is 3. The Morgan fingerprint density at radius 1 is 1.50 bits per heavy atom. The summed E-state index contributed by atoms with van der Waals surface area (Å²) in [5, 5.41) is 5.77. The van der Waals surface area contributed by atoms with Gasteiger partial charge in [-0.25, -0.2) is 4.79 Å². The zero-order valence-electron chi connectivity index (χ0n) is 6.89. The normalized spacial score (nSPS) is 34.9. The molecular formula is C7H11N3O2. The molecule has 0 aromatic rings. The second-order valence-electron chi connectivity index (χ2n) is 3.30. The maximum absolute atomic E-state index is 11.5. The standard InChI is InChI=1S/C7H11N3O2/c1-10-5(11)7(9-6(10)12)2-3-8-4-7/h8H,2-4H2,1H3,(H,9,12)/t7-/m0/s1. The highest BCUT2D eigenvalue weighted by Gasteiger charge is 2.51. The van der Waals surface area contributed by atoms with Gasteiger partial charge in [0, 0.05) is 13.6 Å². The Balaban J connectivity index is 2.29. The van der Waals surface area contributed by atoms with Gasteiger partial charge in [0.1, 0.15) is 5.54 Å². The van der Waals surface area contributed by atoms with Crippen LogP contribution in [0.3, 0.4) is 0 Å². The molecule has 0 aromatic carbocycles. The second-order valence-corrected chi connectivity index (χ2v) is 3.30. The van der Waals surface area contributed by atoms with Crippen LogP contribution >= 0.6 is 0 Å². The van der Waals surface area contributed by atoms with Gasteiger partial charge in [-0.05, 0) is 13.0 Å². The smallest absolute Gasteiger partial charge is 0.322 e. The summed E-state index contributed by atoms with van der Waals surface area (Å²) in [6.45, 7) is 1.35. The summed E-state index contributed by atoms with van der Waals surface area (Å²) in [4.78, 5) is 23.8. The van der Waals surface area contributed by atoms with Crippen LogP contribution in [0.4, 0.5) is 4.79 Å². The van der Waals surface area contributed by atoms with E-state index in [2.05, 4.69) is 10.6 Å². The molecule has 3 amide bonds. The maximum atomic E-state index is 11.5. The van der Waals surface area contributed by atoms with Crippen LogP contribution in [0.25, 0.3) is 0 Å². The van der Waals surface area contributed by atoms with Gasteiger partial charge in [0.2, 0.25) is 0 Å². The Morgan fingerprint density at radius 3 is 2.67 bits per heavy atom. The van der Waals surface area contributed by atoms with Gasteiger partial charge >= 0.3 is 6.03 Å². The molecule has 5 nitrogen and oxygen atoms in total. The number of carbonyl (C=O) groups is 2. The van der Waals surface area contributed by atoms with E-state index in [-0.39, 0.29) is 11.9 Å². The highest BCUT2D eigenvalue weighted by molar-refractivity contribution is 6.07. The van der Waals surface area contributed by atoms with Crippen LogP contribution in [-0.4, -0.2) is 42.5 Å². The summed E-state index contributed by atoms with van der Waals surface area (Å²) < 4.78 is 0. The van der Waals surface area contributed by atoms with Gasteiger partial charge in [-0.2, -0.15) is 0 Å². The van der Waals surface area contributed by atoms with Crippen LogP contribution in [0.15, 0.2) is 0 Å². The highest BCUT2D eigenvalue weighted by Crippen LogP contribution is 2.22. The van der Waals surface area contributed by atoms with E-state index in [0.717, 1.165) is 11.4 Å². The first-order valence-corrected chi connectivity index (χ1v) is 3.97. The van der Waals surface area contributed by atoms with Gasteiger partial charge in [-0.3, -0.25) is 9.69 Å². The number of rotatable bonds is 0. The molecule has 2 saturated heterocycles. The summed E-state index contributed by atoms with van der Waals surface area (Å²) in [5.41, 5.74) is -0.633. The summed E-state index contributed by atoms with van der Waals surface area (Å²) in [6.07, 6.45) is 0.696. The Labute approximate surface area is 70.1 Å². The molecular weight excluding hydrogens is 158 g/mol. The lowest BCUT2D eigenvalue weighted by Crippen LogP contribution is -2.48. The summed E-state index contributed by atoms with van der Waals surface area (Å²) in [6, 6.07) is -0.288. The molecule has 0 bridgehead atoms. The molecule has 1 atom stereocenters. The first-order chi connectivity index (χ1) is 5.66. The number of likely N-dealkylation sites (N-methyl/N-ethyl adjacent to an activating group) is 1. The van der Waals surface area contributed by atoms with Crippen molar-refractivity contribution in [1.82, 2.24) is 15.5 Å². The molecule has 1 spiro atoms. The van der Waals surface area contributed by atoms with Gasteiger partial charge < -0.3 is 10.6 Å². The van der Waals surface area contributed by atoms with Crippen LogP contribution in [-0.2, 0) is 4.79 Å². The Bertz CT molecular complexity index is 245. The number of carbonyl (C=O) groups excluding carboxylic acids is 2. The van der Waals surface area contributed by atoms with Crippen LogP contribution in [0.5, 0.6) is 0 Å². The first-order valence-electron chi connectivity index (χ1n) is 3.97. The van der Waals surface area contributed by atoms with E-state index in [0.29, 0.717) is 13.0 Å². The number of nitrogens with one attached hydrogen (secondary N) is 2. The fourth-order valence-electron chi connectivity index (χ4n) is 1.74. The largest absolute Gasteiger partial charge is 0.324 e. The minimum Gasteiger partial charge on any atom is -0.322 e. The number of imide groups is 1. The van der Waals surface area contributed by atoms with Gasteiger partial charge in [0.25, 0.3) is 5.91 Å². The Morgan fingerprint density at radius 2 is 2.25 bits per heavy atom. The molecule has 0 radical (unpaired) electrons. The summed E-state index contributed by atoms with van der Waals surface area (Å²) in [5.74, 6) is -0.113. The number of amides is 3. The average molecular weight is 169 g/mol. The Kier molecular flexibility index (Phi) is 1.38. The van der Waals surface area contributed by atoms with E-state index in [1.807, 2.05) is 0 Å². The molecule has 0 aliphatic carbocycles.